The van der Waals surface area contributed by atoms with Crippen molar-refractivity contribution in [2.75, 3.05) is 31.9 Å². The number of carbonyl (C=O) groups excluding carboxylic acids is 1. The van der Waals surface area contributed by atoms with Gasteiger partial charge in [0.2, 0.25) is 5.91 Å². The van der Waals surface area contributed by atoms with Gasteiger partial charge in [0, 0.05) is 38.6 Å². The van der Waals surface area contributed by atoms with Gasteiger partial charge in [-0.2, -0.15) is 0 Å². The third-order valence-electron chi connectivity index (χ3n) is 5.51. The Labute approximate surface area is 140 Å². The maximum atomic E-state index is 12.5. The minimum atomic E-state index is -3.02. The fourth-order valence-corrected chi connectivity index (χ4v) is 6.15. The second-order valence-corrected chi connectivity index (χ2v) is 10.3. The predicted octanol–water partition coefficient (Wildman–Crippen LogP) is 1.53. The molecule has 2 heterocycles. The van der Waals surface area contributed by atoms with Gasteiger partial charge >= 0.3 is 0 Å². The highest BCUT2D eigenvalue weighted by molar-refractivity contribution is 7.92. The van der Waals surface area contributed by atoms with Crippen molar-refractivity contribution in [2.24, 2.45) is 11.8 Å². The van der Waals surface area contributed by atoms with Crippen LogP contribution in [-0.4, -0.2) is 67.3 Å². The first kappa shape index (κ1) is 17.2. The van der Waals surface area contributed by atoms with Gasteiger partial charge in [0.1, 0.15) is 0 Å². The zero-order chi connectivity index (χ0) is 16.6. The highest BCUT2D eigenvalue weighted by atomic mass is 32.2. The molecule has 0 spiro atoms. The van der Waals surface area contributed by atoms with Gasteiger partial charge in [0.25, 0.3) is 0 Å². The number of carbonyl (C=O) groups is 1. The van der Waals surface area contributed by atoms with Gasteiger partial charge in [-0.1, -0.05) is 13.8 Å². The smallest absolute Gasteiger partial charge is 0.222 e. The van der Waals surface area contributed by atoms with Crippen LogP contribution in [0.3, 0.4) is 0 Å². The van der Waals surface area contributed by atoms with Gasteiger partial charge in [-0.3, -0.25) is 9.69 Å². The Morgan fingerprint density at radius 2 is 1.78 bits per heavy atom. The van der Waals surface area contributed by atoms with Crippen LogP contribution in [0.1, 0.15) is 46.0 Å². The van der Waals surface area contributed by atoms with E-state index in [1.165, 1.54) is 12.8 Å². The van der Waals surface area contributed by atoms with Crippen molar-refractivity contribution in [1.29, 1.82) is 0 Å². The van der Waals surface area contributed by atoms with Crippen LogP contribution in [0.4, 0.5) is 0 Å². The van der Waals surface area contributed by atoms with Crippen LogP contribution in [0.25, 0.3) is 0 Å². The average molecular weight is 343 g/mol. The molecule has 0 aromatic heterocycles. The summed E-state index contributed by atoms with van der Waals surface area (Å²) in [5, 5.41) is -0.284. The molecule has 0 radical (unpaired) electrons. The first-order chi connectivity index (χ1) is 10.9. The van der Waals surface area contributed by atoms with Gasteiger partial charge < -0.3 is 4.90 Å². The van der Waals surface area contributed by atoms with E-state index < -0.39 is 9.84 Å². The van der Waals surface area contributed by atoms with E-state index in [2.05, 4.69) is 18.7 Å². The molecule has 5 nitrogen and oxygen atoms in total. The predicted molar refractivity (Wildman–Crippen MR) is 90.9 cm³/mol. The average Bonchev–Trinajstić information content (AvgIpc) is 3.27. The second kappa shape index (κ2) is 6.71. The molecule has 3 fully saturated rings. The molecule has 2 saturated heterocycles. The van der Waals surface area contributed by atoms with E-state index in [0.29, 0.717) is 37.8 Å². The van der Waals surface area contributed by atoms with E-state index >= 15 is 0 Å². The molecule has 3 aliphatic rings. The third kappa shape index (κ3) is 4.08. The molecule has 0 aromatic rings. The normalized spacial score (nSPS) is 31.7. The number of hydrogen-bond acceptors (Lipinski definition) is 4. The fourth-order valence-electron chi connectivity index (χ4n) is 4.10. The van der Waals surface area contributed by atoms with Crippen molar-refractivity contribution in [1.82, 2.24) is 9.80 Å². The summed E-state index contributed by atoms with van der Waals surface area (Å²) in [6.07, 6.45) is 4.44. The number of sulfone groups is 1. The topological polar surface area (TPSA) is 57.7 Å². The molecule has 132 valence electrons. The summed E-state index contributed by atoms with van der Waals surface area (Å²) < 4.78 is 25.1. The van der Waals surface area contributed by atoms with Crippen LogP contribution in [0.15, 0.2) is 0 Å². The van der Waals surface area contributed by atoms with Crippen LogP contribution in [0.2, 0.25) is 0 Å². The zero-order valence-electron chi connectivity index (χ0n) is 14.4. The van der Waals surface area contributed by atoms with Crippen LogP contribution >= 0.6 is 0 Å². The summed E-state index contributed by atoms with van der Waals surface area (Å²) >= 11 is 0. The Hall–Kier alpha value is -0.620. The van der Waals surface area contributed by atoms with Crippen LogP contribution in [0.5, 0.6) is 0 Å². The van der Waals surface area contributed by atoms with Crippen molar-refractivity contribution in [2.45, 2.75) is 57.2 Å². The van der Waals surface area contributed by atoms with E-state index in [1.54, 1.807) is 0 Å². The Morgan fingerprint density at radius 3 is 2.43 bits per heavy atom. The summed E-state index contributed by atoms with van der Waals surface area (Å²) in [5.41, 5.74) is 0. The molecule has 6 heteroatoms. The van der Waals surface area contributed by atoms with E-state index in [9.17, 15) is 13.2 Å². The van der Waals surface area contributed by atoms with Crippen molar-refractivity contribution in [3.05, 3.63) is 0 Å². The van der Waals surface area contributed by atoms with Gasteiger partial charge in [-0.05, 0) is 37.5 Å². The molecule has 0 unspecified atom stereocenters. The SMILES string of the molecule is CC(C)CN1CCS(=O)(=O)[C@@H]2CCN(C(=O)CC3CC3)CC[C@@H]21. The van der Waals surface area contributed by atoms with Gasteiger partial charge in [-0.25, -0.2) is 8.42 Å². The molecule has 0 N–H and O–H groups in total. The van der Waals surface area contributed by atoms with Crippen LogP contribution < -0.4 is 0 Å². The first-order valence-corrected chi connectivity index (χ1v) is 10.8. The summed E-state index contributed by atoms with van der Waals surface area (Å²) in [6, 6.07) is 0.0925. The van der Waals surface area contributed by atoms with E-state index in [0.717, 1.165) is 19.5 Å². The molecule has 1 saturated carbocycles. The Bertz CT molecular complexity index is 542. The number of amides is 1. The first-order valence-electron chi connectivity index (χ1n) is 9.10. The molecule has 0 aromatic carbocycles. The lowest BCUT2D eigenvalue weighted by atomic mass is 10.0. The number of nitrogens with zero attached hydrogens (tertiary/aromatic N) is 2. The molecule has 1 amide bonds. The summed E-state index contributed by atoms with van der Waals surface area (Å²) in [4.78, 5) is 16.7. The lowest BCUT2D eigenvalue weighted by molar-refractivity contribution is -0.131. The quantitative estimate of drug-likeness (QED) is 0.777. The standard InChI is InChI=1S/C17H30N2O3S/c1-13(2)12-19-9-10-23(21,22)16-6-8-18(7-5-15(16)19)17(20)11-14-3-4-14/h13-16H,3-12H2,1-2H3/t15-,16+/m0/s1. The largest absolute Gasteiger partial charge is 0.343 e. The van der Waals surface area contributed by atoms with Gasteiger partial charge in [-0.15, -0.1) is 0 Å². The highest BCUT2D eigenvalue weighted by Gasteiger charge is 2.43. The highest BCUT2D eigenvalue weighted by Crippen LogP contribution is 2.34. The minimum Gasteiger partial charge on any atom is -0.343 e. The van der Waals surface area contributed by atoms with Crippen molar-refractivity contribution in [3.63, 3.8) is 0 Å². The van der Waals surface area contributed by atoms with Crippen molar-refractivity contribution >= 4 is 15.7 Å². The molecule has 1 aliphatic carbocycles. The van der Waals surface area contributed by atoms with Crippen molar-refractivity contribution in [3.8, 4) is 0 Å². The molecular formula is C17H30N2O3S. The zero-order valence-corrected chi connectivity index (χ0v) is 15.2. The molecule has 3 rings (SSSR count). The summed E-state index contributed by atoms with van der Waals surface area (Å²) in [5.74, 6) is 1.64. The lowest BCUT2D eigenvalue weighted by Crippen LogP contribution is -2.55. The van der Waals surface area contributed by atoms with Crippen LogP contribution in [-0.2, 0) is 14.6 Å². The monoisotopic (exact) mass is 342 g/mol. The Balaban J connectivity index is 1.70. The summed E-state index contributed by atoms with van der Waals surface area (Å²) in [6.45, 7) is 7.29. The molecule has 23 heavy (non-hydrogen) atoms. The fraction of sp³-hybridized carbons (Fsp3) is 0.941. The van der Waals surface area contributed by atoms with E-state index in [-0.39, 0.29) is 23.0 Å². The minimum absolute atomic E-state index is 0.0925. The molecule has 2 atom stereocenters. The Morgan fingerprint density at radius 1 is 1.09 bits per heavy atom. The lowest BCUT2D eigenvalue weighted by Gasteiger charge is -2.40. The number of rotatable bonds is 4. The molecular weight excluding hydrogens is 312 g/mol. The third-order valence-corrected chi connectivity index (χ3v) is 7.74. The Kier molecular flexibility index (Phi) is 5.02. The maximum absolute atomic E-state index is 12.5. The van der Waals surface area contributed by atoms with Crippen molar-refractivity contribution < 1.29 is 13.2 Å². The summed E-state index contributed by atoms with van der Waals surface area (Å²) in [7, 11) is -3.02. The maximum Gasteiger partial charge on any atom is 0.222 e. The van der Waals surface area contributed by atoms with E-state index in [4.69, 9.17) is 0 Å². The van der Waals surface area contributed by atoms with Gasteiger partial charge in [0.05, 0.1) is 11.0 Å². The number of likely N-dealkylation sites (tertiary alicyclic amines) is 1. The second-order valence-electron chi connectivity index (χ2n) is 7.97. The van der Waals surface area contributed by atoms with Gasteiger partial charge in [0.15, 0.2) is 9.84 Å². The number of hydrogen-bond donors (Lipinski definition) is 0. The number of fused-ring (bicyclic) bond motifs is 1. The van der Waals surface area contributed by atoms with E-state index in [1.807, 2.05) is 4.90 Å². The molecule has 2 aliphatic heterocycles. The molecule has 0 bridgehead atoms. The van der Waals surface area contributed by atoms with Crippen LogP contribution in [0, 0.1) is 11.8 Å².